The summed E-state index contributed by atoms with van der Waals surface area (Å²) in [6.45, 7) is 2.38. The predicted octanol–water partition coefficient (Wildman–Crippen LogP) is 1.56. The Balaban J connectivity index is 1.77. The Morgan fingerprint density at radius 1 is 1.60 bits per heavy atom. The minimum absolute atomic E-state index is 0.0112. The van der Waals surface area contributed by atoms with Crippen LogP contribution in [0.2, 0.25) is 0 Å². The van der Waals surface area contributed by atoms with E-state index >= 15 is 0 Å². The maximum absolute atomic E-state index is 12.2. The fourth-order valence-electron chi connectivity index (χ4n) is 1.71. The summed E-state index contributed by atoms with van der Waals surface area (Å²) in [5.74, 6) is 6.50. The van der Waals surface area contributed by atoms with Crippen LogP contribution < -0.4 is 5.73 Å². The largest absolute Gasteiger partial charge is 0.379 e. The van der Waals surface area contributed by atoms with Crippen molar-refractivity contribution in [2.24, 2.45) is 11.7 Å². The molecule has 1 fully saturated rings. The van der Waals surface area contributed by atoms with Crippen molar-refractivity contribution in [3.05, 3.63) is 21.9 Å². The number of nitrogens with zero attached hydrogens (tertiary/aromatic N) is 1. The standard InChI is InChI=1S/C15H20N2O2S/c1-17(7-8-19-10-12-4-5-12)15(18)13-9-14(20-11-13)3-2-6-16/h9,11-12H,4-8,10,16H2,1H3. The normalized spacial score (nSPS) is 13.7. The van der Waals surface area contributed by atoms with E-state index in [0.29, 0.717) is 25.3 Å². The van der Waals surface area contributed by atoms with Crippen LogP contribution >= 0.6 is 11.3 Å². The lowest BCUT2D eigenvalue weighted by Crippen LogP contribution is -2.30. The van der Waals surface area contributed by atoms with Crippen molar-refractivity contribution in [1.82, 2.24) is 4.90 Å². The molecule has 1 amide bonds. The van der Waals surface area contributed by atoms with E-state index in [2.05, 4.69) is 11.8 Å². The quantitative estimate of drug-likeness (QED) is 0.639. The van der Waals surface area contributed by atoms with E-state index in [9.17, 15) is 4.79 Å². The van der Waals surface area contributed by atoms with Crippen molar-refractivity contribution in [3.8, 4) is 11.8 Å². The number of thiophene rings is 1. The van der Waals surface area contributed by atoms with Gasteiger partial charge in [-0.3, -0.25) is 4.79 Å². The van der Waals surface area contributed by atoms with Crippen molar-refractivity contribution in [2.75, 3.05) is 33.4 Å². The van der Waals surface area contributed by atoms with Crippen molar-refractivity contribution in [3.63, 3.8) is 0 Å². The van der Waals surface area contributed by atoms with Gasteiger partial charge in [-0.25, -0.2) is 0 Å². The zero-order valence-electron chi connectivity index (χ0n) is 11.7. The molecule has 5 heteroatoms. The van der Waals surface area contributed by atoms with Crippen molar-refractivity contribution >= 4 is 17.2 Å². The molecule has 0 radical (unpaired) electrons. The molecular formula is C15H20N2O2S. The molecule has 1 heterocycles. The first-order valence-corrected chi connectivity index (χ1v) is 7.69. The minimum Gasteiger partial charge on any atom is -0.379 e. The van der Waals surface area contributed by atoms with Crippen LogP contribution in [0.1, 0.15) is 28.1 Å². The smallest absolute Gasteiger partial charge is 0.254 e. The third-order valence-corrected chi connectivity index (χ3v) is 3.97. The van der Waals surface area contributed by atoms with E-state index in [1.54, 1.807) is 11.9 Å². The van der Waals surface area contributed by atoms with Crippen LogP contribution in [0.3, 0.4) is 0 Å². The Labute approximate surface area is 123 Å². The number of carbonyl (C=O) groups is 1. The van der Waals surface area contributed by atoms with E-state index in [-0.39, 0.29) is 5.91 Å². The zero-order chi connectivity index (χ0) is 14.4. The van der Waals surface area contributed by atoms with Crippen LogP contribution in [0.15, 0.2) is 11.4 Å². The number of amides is 1. The van der Waals surface area contributed by atoms with Crippen LogP contribution in [-0.2, 0) is 4.74 Å². The summed E-state index contributed by atoms with van der Waals surface area (Å²) in [5, 5.41) is 1.84. The molecule has 4 nitrogen and oxygen atoms in total. The number of ether oxygens (including phenoxy) is 1. The molecule has 0 unspecified atom stereocenters. The van der Waals surface area contributed by atoms with Gasteiger partial charge in [0, 0.05) is 25.6 Å². The summed E-state index contributed by atoms with van der Waals surface area (Å²) >= 11 is 1.47. The highest BCUT2D eigenvalue weighted by Gasteiger charge is 2.21. The first-order valence-electron chi connectivity index (χ1n) is 6.81. The second-order valence-corrected chi connectivity index (χ2v) is 5.86. The monoisotopic (exact) mass is 292 g/mol. The zero-order valence-corrected chi connectivity index (χ0v) is 12.5. The SMILES string of the molecule is CN(CCOCC1CC1)C(=O)c1csc(C#CCN)c1. The number of nitrogens with two attached hydrogens (primary N) is 1. The molecule has 0 aromatic carbocycles. The van der Waals surface area contributed by atoms with Gasteiger partial charge in [-0.05, 0) is 24.8 Å². The van der Waals surface area contributed by atoms with Crippen LogP contribution in [0.4, 0.5) is 0 Å². The molecule has 1 aromatic heterocycles. The fraction of sp³-hybridized carbons (Fsp3) is 0.533. The highest BCUT2D eigenvalue weighted by molar-refractivity contribution is 7.10. The second kappa shape index (κ2) is 7.44. The van der Waals surface area contributed by atoms with Crippen LogP contribution in [0, 0.1) is 17.8 Å². The molecule has 1 saturated carbocycles. The summed E-state index contributed by atoms with van der Waals surface area (Å²) in [4.78, 5) is 14.7. The van der Waals surface area contributed by atoms with E-state index in [0.717, 1.165) is 17.4 Å². The molecule has 2 rings (SSSR count). The van der Waals surface area contributed by atoms with E-state index < -0.39 is 0 Å². The van der Waals surface area contributed by atoms with E-state index in [4.69, 9.17) is 10.5 Å². The lowest BCUT2D eigenvalue weighted by molar-refractivity contribution is 0.0681. The average Bonchev–Trinajstić information content (AvgIpc) is 3.16. The summed E-state index contributed by atoms with van der Waals surface area (Å²) in [5.41, 5.74) is 6.01. The van der Waals surface area contributed by atoms with Crippen molar-refractivity contribution < 1.29 is 9.53 Å². The van der Waals surface area contributed by atoms with Gasteiger partial charge in [0.1, 0.15) is 0 Å². The van der Waals surface area contributed by atoms with Gasteiger partial charge in [0.2, 0.25) is 0 Å². The highest BCUT2D eigenvalue weighted by atomic mass is 32.1. The van der Waals surface area contributed by atoms with Gasteiger partial charge in [-0.15, -0.1) is 11.3 Å². The van der Waals surface area contributed by atoms with E-state index in [1.807, 2.05) is 11.4 Å². The summed E-state index contributed by atoms with van der Waals surface area (Å²) in [7, 11) is 1.80. The van der Waals surface area contributed by atoms with E-state index in [1.165, 1.54) is 24.2 Å². The summed E-state index contributed by atoms with van der Waals surface area (Å²) < 4.78 is 5.55. The fourth-order valence-corrected chi connectivity index (χ4v) is 2.46. The Kier molecular flexibility index (Phi) is 5.60. The first-order chi connectivity index (χ1) is 9.70. The molecule has 0 spiro atoms. The van der Waals surface area contributed by atoms with Gasteiger partial charge < -0.3 is 15.4 Å². The topological polar surface area (TPSA) is 55.6 Å². The Hall–Kier alpha value is -1.35. The Morgan fingerprint density at radius 2 is 2.40 bits per heavy atom. The minimum atomic E-state index is 0.0112. The molecule has 0 bridgehead atoms. The maximum Gasteiger partial charge on any atom is 0.254 e. The van der Waals surface area contributed by atoms with Crippen LogP contribution in [-0.4, -0.2) is 44.2 Å². The molecule has 0 aliphatic heterocycles. The highest BCUT2D eigenvalue weighted by Crippen LogP contribution is 2.28. The number of likely N-dealkylation sites (N-methyl/N-ethyl adjacent to an activating group) is 1. The number of carbonyl (C=O) groups excluding carboxylic acids is 1. The molecule has 0 atom stereocenters. The van der Waals surface area contributed by atoms with Crippen LogP contribution in [0.25, 0.3) is 0 Å². The molecular weight excluding hydrogens is 272 g/mol. The third kappa shape index (κ3) is 4.64. The van der Waals surface area contributed by atoms with Crippen molar-refractivity contribution in [2.45, 2.75) is 12.8 Å². The predicted molar refractivity (Wildman–Crippen MR) is 80.8 cm³/mol. The van der Waals surface area contributed by atoms with Gasteiger partial charge in [-0.2, -0.15) is 0 Å². The molecule has 1 aliphatic carbocycles. The number of hydrogen-bond acceptors (Lipinski definition) is 4. The Morgan fingerprint density at radius 3 is 3.10 bits per heavy atom. The van der Waals surface area contributed by atoms with Gasteiger partial charge in [-0.1, -0.05) is 11.8 Å². The maximum atomic E-state index is 12.2. The lowest BCUT2D eigenvalue weighted by atomic mass is 10.2. The number of rotatable bonds is 6. The molecule has 1 aromatic rings. The Bertz CT molecular complexity index is 511. The molecule has 20 heavy (non-hydrogen) atoms. The third-order valence-electron chi connectivity index (χ3n) is 3.13. The first kappa shape index (κ1) is 15.0. The lowest BCUT2D eigenvalue weighted by Gasteiger charge is -2.16. The second-order valence-electron chi connectivity index (χ2n) is 4.95. The molecule has 0 saturated heterocycles. The van der Waals surface area contributed by atoms with Gasteiger partial charge in [0.15, 0.2) is 0 Å². The van der Waals surface area contributed by atoms with Gasteiger partial charge in [0.25, 0.3) is 5.91 Å². The van der Waals surface area contributed by atoms with Gasteiger partial charge >= 0.3 is 0 Å². The average molecular weight is 292 g/mol. The molecule has 2 N–H and O–H groups in total. The number of hydrogen-bond donors (Lipinski definition) is 1. The van der Waals surface area contributed by atoms with Crippen molar-refractivity contribution in [1.29, 1.82) is 0 Å². The summed E-state index contributed by atoms with van der Waals surface area (Å²) in [6.07, 6.45) is 2.58. The summed E-state index contributed by atoms with van der Waals surface area (Å²) in [6, 6.07) is 1.82. The van der Waals surface area contributed by atoms with Crippen LogP contribution in [0.5, 0.6) is 0 Å². The molecule has 108 valence electrons. The van der Waals surface area contributed by atoms with Gasteiger partial charge in [0.05, 0.1) is 23.6 Å². The molecule has 1 aliphatic rings.